The van der Waals surface area contributed by atoms with E-state index in [0.717, 1.165) is 29.0 Å². The van der Waals surface area contributed by atoms with Crippen molar-refractivity contribution in [3.05, 3.63) is 27.7 Å². The lowest BCUT2D eigenvalue weighted by atomic mass is 10.4. The van der Waals surface area contributed by atoms with Crippen LogP contribution < -0.4 is 10.6 Å². The van der Waals surface area contributed by atoms with Crippen LogP contribution in [-0.4, -0.2) is 52.0 Å². The Morgan fingerprint density at radius 3 is 2.66 bits per heavy atom. The van der Waals surface area contributed by atoms with E-state index in [1.54, 1.807) is 0 Å². The molecule has 0 amide bonds. The molecule has 0 aliphatic rings. The molecule has 2 aromatic rings. The van der Waals surface area contributed by atoms with Gasteiger partial charge >= 0.3 is 6.18 Å². The Hall–Kier alpha value is -2.21. The molecule has 8 nitrogen and oxygen atoms in total. The van der Waals surface area contributed by atoms with Crippen LogP contribution in [0.15, 0.2) is 10.4 Å². The second kappa shape index (κ2) is 11.1. The predicted octanol–water partition coefficient (Wildman–Crippen LogP) is 2.30. The summed E-state index contributed by atoms with van der Waals surface area (Å²) in [6, 6.07) is 0. The Labute approximate surface area is 171 Å². The highest BCUT2D eigenvalue weighted by Crippen LogP contribution is 2.29. The van der Waals surface area contributed by atoms with Crippen molar-refractivity contribution in [2.75, 3.05) is 26.3 Å². The number of alkyl halides is 3. The van der Waals surface area contributed by atoms with Gasteiger partial charge in [0.2, 0.25) is 0 Å². The Kier molecular flexibility index (Phi) is 8.83. The normalized spacial score (nSPS) is 12.4. The van der Waals surface area contributed by atoms with Crippen LogP contribution in [0.3, 0.4) is 0 Å². The zero-order valence-electron chi connectivity index (χ0n) is 16.7. The maximum Gasteiger partial charge on any atom is 0.434 e. The number of ether oxygens (including phenoxy) is 1. The lowest BCUT2D eigenvalue weighted by molar-refractivity contribution is -0.140. The second-order valence-corrected chi connectivity index (χ2v) is 7.11. The molecule has 0 spiro atoms. The lowest BCUT2D eigenvalue weighted by Gasteiger charge is -2.12. The lowest BCUT2D eigenvalue weighted by Crippen LogP contribution is -2.39. The Morgan fingerprint density at radius 1 is 1.28 bits per heavy atom. The van der Waals surface area contributed by atoms with Crippen LogP contribution in [0, 0.1) is 6.92 Å². The zero-order chi connectivity index (χ0) is 21.3. The van der Waals surface area contributed by atoms with E-state index in [1.165, 1.54) is 0 Å². The summed E-state index contributed by atoms with van der Waals surface area (Å²) in [6.45, 7) is 6.48. The van der Waals surface area contributed by atoms with Gasteiger partial charge in [-0.15, -0.1) is 21.5 Å². The van der Waals surface area contributed by atoms with Crippen LogP contribution in [0.5, 0.6) is 0 Å². The fourth-order valence-electron chi connectivity index (χ4n) is 2.28. The molecule has 0 aliphatic heterocycles. The number of halogens is 3. The summed E-state index contributed by atoms with van der Waals surface area (Å²) in [5.41, 5.74) is -0.849. The van der Waals surface area contributed by atoms with Crippen molar-refractivity contribution in [3.8, 4) is 0 Å². The molecule has 2 aromatic heterocycles. The van der Waals surface area contributed by atoms with Crippen LogP contribution in [0.25, 0.3) is 0 Å². The van der Waals surface area contributed by atoms with Crippen LogP contribution in [0.4, 0.5) is 13.2 Å². The molecule has 0 unspecified atom stereocenters. The minimum Gasteiger partial charge on any atom is -0.382 e. The Bertz CT molecular complexity index is 788. The molecule has 0 aromatic carbocycles. The minimum atomic E-state index is -4.41. The highest BCUT2D eigenvalue weighted by Gasteiger charge is 2.33. The van der Waals surface area contributed by atoms with E-state index in [2.05, 4.69) is 30.8 Å². The topological polar surface area (TPSA) is 89.2 Å². The third-order valence-electron chi connectivity index (χ3n) is 4.00. The highest BCUT2D eigenvalue weighted by molar-refractivity contribution is 7.09. The number of aromatic nitrogens is 4. The molecule has 29 heavy (non-hydrogen) atoms. The van der Waals surface area contributed by atoms with Gasteiger partial charge in [-0.05, 0) is 20.3 Å². The first-order valence-corrected chi connectivity index (χ1v) is 10.2. The van der Waals surface area contributed by atoms with Gasteiger partial charge in [-0.25, -0.2) is 9.98 Å². The van der Waals surface area contributed by atoms with E-state index in [0.29, 0.717) is 56.1 Å². The number of guanidine groups is 1. The fourth-order valence-corrected chi connectivity index (χ4v) is 3.09. The molecule has 162 valence electrons. The van der Waals surface area contributed by atoms with Crippen molar-refractivity contribution in [3.63, 3.8) is 0 Å². The SMILES string of the molecule is CCOCCCNC(=NCc1nnc(C)n1C)NCCc1nc(C(F)(F)F)cs1. The third kappa shape index (κ3) is 7.61. The molecule has 0 radical (unpaired) electrons. The molecule has 0 saturated heterocycles. The van der Waals surface area contributed by atoms with E-state index in [-0.39, 0.29) is 0 Å². The van der Waals surface area contributed by atoms with Crippen LogP contribution in [0.1, 0.15) is 35.7 Å². The molecule has 2 N–H and O–H groups in total. The van der Waals surface area contributed by atoms with Crippen LogP contribution >= 0.6 is 11.3 Å². The van der Waals surface area contributed by atoms with Gasteiger partial charge in [-0.3, -0.25) is 0 Å². The standard InChI is InChI=1S/C17H26F3N7OS/c1-4-28-9-5-7-21-16(23-10-14-26-25-12(2)27(14)3)22-8-6-15-24-13(11-29-15)17(18,19)20/h11H,4-10H2,1-3H3,(H2,21,22,23). The molecule has 2 rings (SSSR count). The smallest absolute Gasteiger partial charge is 0.382 e. The van der Waals surface area contributed by atoms with Crippen LogP contribution in [0.2, 0.25) is 0 Å². The molecular formula is C17H26F3N7OS. The highest BCUT2D eigenvalue weighted by atomic mass is 32.1. The average Bonchev–Trinajstić information content (AvgIpc) is 3.27. The molecule has 0 saturated carbocycles. The van der Waals surface area contributed by atoms with E-state index in [4.69, 9.17) is 4.74 Å². The summed E-state index contributed by atoms with van der Waals surface area (Å²) in [7, 11) is 1.86. The summed E-state index contributed by atoms with van der Waals surface area (Å²) in [5, 5.41) is 15.9. The molecule has 12 heteroatoms. The summed E-state index contributed by atoms with van der Waals surface area (Å²) < 4.78 is 45.1. The van der Waals surface area contributed by atoms with Crippen molar-refractivity contribution in [2.24, 2.45) is 12.0 Å². The van der Waals surface area contributed by atoms with Gasteiger partial charge in [0, 0.05) is 45.2 Å². The van der Waals surface area contributed by atoms with Crippen molar-refractivity contribution in [1.82, 2.24) is 30.4 Å². The Balaban J connectivity index is 1.90. The minimum absolute atomic E-state index is 0.327. The van der Waals surface area contributed by atoms with E-state index >= 15 is 0 Å². The van der Waals surface area contributed by atoms with Gasteiger partial charge < -0.3 is 19.9 Å². The predicted molar refractivity (Wildman–Crippen MR) is 105 cm³/mol. The first kappa shape index (κ1) is 23.1. The molecule has 0 bridgehead atoms. The molecule has 0 atom stereocenters. The number of hydrogen-bond donors (Lipinski definition) is 2. The first-order chi connectivity index (χ1) is 13.8. The van der Waals surface area contributed by atoms with Crippen molar-refractivity contribution in [1.29, 1.82) is 0 Å². The van der Waals surface area contributed by atoms with E-state index in [9.17, 15) is 13.2 Å². The van der Waals surface area contributed by atoms with Gasteiger partial charge in [0.1, 0.15) is 12.4 Å². The van der Waals surface area contributed by atoms with Gasteiger partial charge in [0.25, 0.3) is 0 Å². The number of nitrogens with one attached hydrogen (secondary N) is 2. The van der Waals surface area contributed by atoms with Gasteiger partial charge in [0.05, 0.1) is 5.01 Å². The maximum absolute atomic E-state index is 12.7. The summed E-state index contributed by atoms with van der Waals surface area (Å²) in [5.74, 6) is 2.06. The molecule has 0 fully saturated rings. The molecular weight excluding hydrogens is 407 g/mol. The van der Waals surface area contributed by atoms with Crippen molar-refractivity contribution in [2.45, 2.75) is 39.4 Å². The maximum atomic E-state index is 12.7. The summed E-state index contributed by atoms with van der Waals surface area (Å²) >= 11 is 1.00. The first-order valence-electron chi connectivity index (χ1n) is 9.27. The van der Waals surface area contributed by atoms with Gasteiger partial charge in [0.15, 0.2) is 17.5 Å². The fraction of sp³-hybridized carbons (Fsp3) is 0.647. The quantitative estimate of drug-likeness (QED) is 0.340. The number of thiazole rings is 1. The van der Waals surface area contributed by atoms with E-state index in [1.807, 2.05) is 25.5 Å². The zero-order valence-corrected chi connectivity index (χ0v) is 17.5. The number of rotatable bonds is 10. The molecule has 0 aliphatic carbocycles. The van der Waals surface area contributed by atoms with E-state index < -0.39 is 11.9 Å². The van der Waals surface area contributed by atoms with Gasteiger partial charge in [-0.1, -0.05) is 0 Å². The largest absolute Gasteiger partial charge is 0.434 e. The summed E-state index contributed by atoms with van der Waals surface area (Å²) in [6.07, 6.45) is -3.24. The second-order valence-electron chi connectivity index (χ2n) is 6.17. The molecule has 2 heterocycles. The van der Waals surface area contributed by atoms with Crippen LogP contribution in [-0.2, 0) is 30.9 Å². The van der Waals surface area contributed by atoms with Crippen molar-refractivity contribution >= 4 is 17.3 Å². The Morgan fingerprint density at radius 2 is 2.03 bits per heavy atom. The van der Waals surface area contributed by atoms with Crippen molar-refractivity contribution < 1.29 is 17.9 Å². The average molecular weight is 434 g/mol. The van der Waals surface area contributed by atoms with Gasteiger partial charge in [-0.2, -0.15) is 13.2 Å². The number of aliphatic imine (C=N–C) groups is 1. The summed E-state index contributed by atoms with van der Waals surface area (Å²) in [4.78, 5) is 8.13. The number of hydrogen-bond acceptors (Lipinski definition) is 6. The number of aryl methyl sites for hydroxylation is 1. The number of nitrogens with zero attached hydrogens (tertiary/aromatic N) is 5. The third-order valence-corrected chi connectivity index (χ3v) is 4.91. The monoisotopic (exact) mass is 433 g/mol.